The number of hydrogen-bond donors (Lipinski definition) is 1. The molecule has 1 N–H and O–H groups in total. The van der Waals surface area contributed by atoms with Gasteiger partial charge in [-0.15, -0.1) is 11.3 Å². The first kappa shape index (κ1) is 23.8. The normalized spacial score (nSPS) is 17.2. The van der Waals surface area contributed by atoms with Crippen LogP contribution in [0.1, 0.15) is 22.0 Å². The number of benzene rings is 2. The van der Waals surface area contributed by atoms with Gasteiger partial charge in [0.05, 0.1) is 31.4 Å². The highest BCUT2D eigenvalue weighted by molar-refractivity contribution is 9.10. The molecule has 1 saturated heterocycles. The number of thiophene rings is 1. The largest absolute Gasteiger partial charge is 0.507 e. The summed E-state index contributed by atoms with van der Waals surface area (Å²) in [7, 11) is 4.55. The Morgan fingerprint density at radius 2 is 1.65 bits per heavy atom. The standard InChI is InChI=1S/C25H22BrNO6S/c1-13-9-10-34-24(13)21-20(22(28)14-5-7-17(31-2)16(26)11-14)23(29)25(30)27(21)15-6-8-18(32-3)19(12-15)33-4/h5-12,21,28H,1-4H3/b22-20-. The molecule has 7 nitrogen and oxygen atoms in total. The van der Waals surface area contributed by atoms with E-state index < -0.39 is 17.7 Å². The summed E-state index contributed by atoms with van der Waals surface area (Å²) in [5.74, 6) is -0.274. The lowest BCUT2D eigenvalue weighted by Gasteiger charge is -2.25. The van der Waals surface area contributed by atoms with Gasteiger partial charge in [0.25, 0.3) is 11.7 Å². The zero-order valence-electron chi connectivity index (χ0n) is 18.9. The van der Waals surface area contributed by atoms with Crippen molar-refractivity contribution < 1.29 is 28.9 Å². The van der Waals surface area contributed by atoms with Crippen LogP contribution in [0.2, 0.25) is 0 Å². The summed E-state index contributed by atoms with van der Waals surface area (Å²) in [6.07, 6.45) is 0. The molecule has 0 saturated carbocycles. The van der Waals surface area contributed by atoms with E-state index in [4.69, 9.17) is 14.2 Å². The van der Waals surface area contributed by atoms with Gasteiger partial charge in [-0.05, 0) is 70.2 Å². The second-order valence-electron chi connectivity index (χ2n) is 7.53. The number of anilines is 1. The lowest BCUT2D eigenvalue weighted by atomic mass is 9.98. The zero-order valence-corrected chi connectivity index (χ0v) is 21.3. The van der Waals surface area contributed by atoms with E-state index in [0.29, 0.717) is 33.0 Å². The number of ether oxygens (including phenoxy) is 3. The van der Waals surface area contributed by atoms with E-state index in [1.54, 1.807) is 36.4 Å². The van der Waals surface area contributed by atoms with Crippen LogP contribution in [0.3, 0.4) is 0 Å². The molecule has 0 radical (unpaired) electrons. The quantitative estimate of drug-likeness (QED) is 0.252. The van der Waals surface area contributed by atoms with Crippen molar-refractivity contribution in [2.75, 3.05) is 26.2 Å². The molecule has 3 aromatic rings. The minimum atomic E-state index is -0.807. The highest BCUT2D eigenvalue weighted by atomic mass is 79.9. The number of aliphatic hydroxyl groups excluding tert-OH is 1. The topological polar surface area (TPSA) is 85.3 Å². The number of hydrogen-bond acceptors (Lipinski definition) is 7. The van der Waals surface area contributed by atoms with Gasteiger partial charge in [0.15, 0.2) is 11.5 Å². The fourth-order valence-electron chi connectivity index (χ4n) is 3.96. The number of methoxy groups -OCH3 is 3. The van der Waals surface area contributed by atoms with E-state index in [0.717, 1.165) is 10.4 Å². The molecule has 1 amide bonds. The molecule has 1 unspecified atom stereocenters. The van der Waals surface area contributed by atoms with Gasteiger partial charge < -0.3 is 19.3 Å². The number of aryl methyl sites for hydroxylation is 1. The van der Waals surface area contributed by atoms with E-state index in [1.165, 1.54) is 37.6 Å². The molecule has 1 aliphatic heterocycles. The van der Waals surface area contributed by atoms with Gasteiger partial charge in [-0.2, -0.15) is 0 Å². The first-order valence-electron chi connectivity index (χ1n) is 10.2. The molecule has 1 aliphatic rings. The van der Waals surface area contributed by atoms with E-state index in [2.05, 4.69) is 15.9 Å². The molecular formula is C25H22BrNO6S. The number of rotatable bonds is 6. The van der Waals surface area contributed by atoms with E-state index in [1.807, 2.05) is 18.4 Å². The summed E-state index contributed by atoms with van der Waals surface area (Å²) < 4.78 is 16.6. The number of amides is 1. The lowest BCUT2D eigenvalue weighted by Crippen LogP contribution is -2.29. The van der Waals surface area contributed by atoms with Crippen LogP contribution in [0.25, 0.3) is 5.76 Å². The minimum Gasteiger partial charge on any atom is -0.507 e. The number of aliphatic hydroxyl groups is 1. The summed E-state index contributed by atoms with van der Waals surface area (Å²) in [5.41, 5.74) is 1.76. The molecule has 0 bridgehead atoms. The van der Waals surface area contributed by atoms with Gasteiger partial charge in [-0.25, -0.2) is 0 Å². The number of ketones is 1. The molecule has 0 aliphatic carbocycles. The third-order valence-corrected chi connectivity index (χ3v) is 7.36. The predicted molar refractivity (Wildman–Crippen MR) is 134 cm³/mol. The third kappa shape index (κ3) is 3.95. The van der Waals surface area contributed by atoms with E-state index in [9.17, 15) is 14.7 Å². The van der Waals surface area contributed by atoms with Crippen molar-refractivity contribution in [3.8, 4) is 17.2 Å². The van der Waals surface area contributed by atoms with Crippen molar-refractivity contribution in [2.24, 2.45) is 0 Å². The van der Waals surface area contributed by atoms with Crippen LogP contribution in [0, 0.1) is 6.92 Å². The Bertz CT molecular complexity index is 1310. The summed E-state index contributed by atoms with van der Waals surface area (Å²) in [6.45, 7) is 1.91. The molecule has 1 fully saturated rings. The summed E-state index contributed by atoms with van der Waals surface area (Å²) >= 11 is 4.83. The van der Waals surface area contributed by atoms with Crippen molar-refractivity contribution in [1.82, 2.24) is 0 Å². The Morgan fingerprint density at radius 1 is 0.971 bits per heavy atom. The predicted octanol–water partition coefficient (Wildman–Crippen LogP) is 5.47. The smallest absolute Gasteiger partial charge is 0.300 e. The maximum atomic E-state index is 13.3. The monoisotopic (exact) mass is 543 g/mol. The van der Waals surface area contributed by atoms with Gasteiger partial charge in [0, 0.05) is 22.2 Å². The highest BCUT2D eigenvalue weighted by Crippen LogP contribution is 2.46. The van der Waals surface area contributed by atoms with Crippen LogP contribution < -0.4 is 19.1 Å². The second-order valence-corrected chi connectivity index (χ2v) is 9.33. The van der Waals surface area contributed by atoms with Crippen LogP contribution in [0.4, 0.5) is 5.69 Å². The number of carbonyl (C=O) groups is 2. The number of Topliss-reactive ketones (excluding diaryl/α,β-unsaturated/α-hetero) is 1. The Balaban J connectivity index is 1.94. The second kappa shape index (κ2) is 9.52. The Morgan fingerprint density at radius 3 is 2.24 bits per heavy atom. The highest BCUT2D eigenvalue weighted by Gasteiger charge is 2.48. The number of nitrogens with zero attached hydrogens (tertiary/aromatic N) is 1. The minimum absolute atomic E-state index is 0.0161. The van der Waals surface area contributed by atoms with Crippen LogP contribution in [-0.4, -0.2) is 38.1 Å². The van der Waals surface area contributed by atoms with Gasteiger partial charge in [0.2, 0.25) is 0 Å². The average Bonchev–Trinajstić information content (AvgIpc) is 3.38. The first-order chi connectivity index (χ1) is 16.3. The molecule has 9 heteroatoms. The van der Waals surface area contributed by atoms with E-state index >= 15 is 0 Å². The van der Waals surface area contributed by atoms with Gasteiger partial charge in [-0.3, -0.25) is 14.5 Å². The number of halogens is 1. The van der Waals surface area contributed by atoms with Crippen molar-refractivity contribution >= 4 is 50.4 Å². The maximum Gasteiger partial charge on any atom is 0.300 e. The summed E-state index contributed by atoms with van der Waals surface area (Å²) in [6, 6.07) is 11.1. The van der Waals surface area contributed by atoms with Gasteiger partial charge >= 0.3 is 0 Å². The van der Waals surface area contributed by atoms with Crippen molar-refractivity contribution in [1.29, 1.82) is 0 Å². The fraction of sp³-hybridized carbons (Fsp3) is 0.200. The first-order valence-corrected chi connectivity index (χ1v) is 11.9. The van der Waals surface area contributed by atoms with Crippen LogP contribution >= 0.6 is 27.3 Å². The van der Waals surface area contributed by atoms with E-state index in [-0.39, 0.29) is 11.3 Å². The molecule has 2 heterocycles. The van der Waals surface area contributed by atoms with Gasteiger partial charge in [-0.1, -0.05) is 0 Å². The SMILES string of the molecule is COc1ccc(/C(O)=C2/C(=O)C(=O)N(c3ccc(OC)c(OC)c3)C2c2sccc2C)cc1Br. The summed E-state index contributed by atoms with van der Waals surface area (Å²) in [5, 5.41) is 13.2. The molecule has 2 aromatic carbocycles. The molecular weight excluding hydrogens is 522 g/mol. The summed E-state index contributed by atoms with van der Waals surface area (Å²) in [4.78, 5) is 28.8. The Labute approximate surface area is 209 Å². The van der Waals surface area contributed by atoms with Gasteiger partial charge in [0.1, 0.15) is 17.6 Å². The molecule has 1 aromatic heterocycles. The van der Waals surface area contributed by atoms with Crippen LogP contribution in [0.15, 0.2) is 57.9 Å². The molecule has 34 heavy (non-hydrogen) atoms. The van der Waals surface area contributed by atoms with Crippen LogP contribution in [0.5, 0.6) is 17.2 Å². The molecule has 4 rings (SSSR count). The third-order valence-electron chi connectivity index (χ3n) is 5.67. The average molecular weight is 544 g/mol. The number of carbonyl (C=O) groups excluding carboxylic acids is 2. The zero-order chi connectivity index (χ0) is 24.6. The maximum absolute atomic E-state index is 13.3. The molecule has 1 atom stereocenters. The molecule has 0 spiro atoms. The van der Waals surface area contributed by atoms with Crippen LogP contribution in [-0.2, 0) is 9.59 Å². The lowest BCUT2D eigenvalue weighted by molar-refractivity contribution is -0.132. The van der Waals surface area contributed by atoms with Crippen molar-refractivity contribution in [2.45, 2.75) is 13.0 Å². The fourth-order valence-corrected chi connectivity index (χ4v) is 5.52. The Kier molecular flexibility index (Phi) is 6.67. The van der Waals surface area contributed by atoms with Crippen molar-refractivity contribution in [3.05, 3.63) is 73.9 Å². The Hall–Kier alpha value is -3.30. The van der Waals surface area contributed by atoms with Crippen molar-refractivity contribution in [3.63, 3.8) is 0 Å². The molecule has 176 valence electrons.